The minimum atomic E-state index is -0.521. The maximum absolute atomic E-state index is 12.4. The number of pyridine rings is 1. The number of ether oxygens (including phenoxy) is 2. The number of hydrogen-bond donors (Lipinski definition) is 1. The summed E-state index contributed by atoms with van der Waals surface area (Å²) >= 11 is 6.16. The Bertz CT molecular complexity index is 852. The summed E-state index contributed by atoms with van der Waals surface area (Å²) in [5.74, 6) is -0.232. The second-order valence-corrected chi connectivity index (χ2v) is 6.23. The monoisotopic (exact) mass is 377 g/mol. The molecule has 1 aliphatic rings. The summed E-state index contributed by atoms with van der Waals surface area (Å²) < 4.78 is 10.9. The Morgan fingerprint density at radius 3 is 2.92 bits per heavy atom. The fourth-order valence-electron chi connectivity index (χ4n) is 2.45. The molecule has 0 bridgehead atoms. The van der Waals surface area contributed by atoms with Crippen molar-refractivity contribution in [1.82, 2.24) is 4.98 Å². The number of non-ortho nitro benzene ring substituents is 1. The number of benzene rings is 1. The highest BCUT2D eigenvalue weighted by Crippen LogP contribution is 2.26. The summed E-state index contributed by atoms with van der Waals surface area (Å²) in [6.45, 7) is 2.85. The van der Waals surface area contributed by atoms with Crippen molar-refractivity contribution >= 4 is 28.9 Å². The third-order valence-electron chi connectivity index (χ3n) is 3.92. The minimum Gasteiger partial charge on any atom is -0.471 e. The van der Waals surface area contributed by atoms with Gasteiger partial charge in [-0.15, -0.1) is 0 Å². The second-order valence-electron chi connectivity index (χ2n) is 5.82. The first kappa shape index (κ1) is 18.1. The van der Waals surface area contributed by atoms with Gasteiger partial charge in [0.05, 0.1) is 29.4 Å². The number of aromatic nitrogens is 1. The Morgan fingerprint density at radius 2 is 2.27 bits per heavy atom. The second kappa shape index (κ2) is 7.67. The SMILES string of the molecule is Cc1ccc([N+](=O)[O-])cc1NC(=O)c1cnc(OC2CCOC2)c(Cl)c1. The van der Waals surface area contributed by atoms with Gasteiger partial charge < -0.3 is 14.8 Å². The van der Waals surface area contributed by atoms with Crippen molar-refractivity contribution in [3.05, 3.63) is 56.7 Å². The van der Waals surface area contributed by atoms with Crippen LogP contribution in [0.1, 0.15) is 22.3 Å². The average Bonchev–Trinajstić information content (AvgIpc) is 3.11. The van der Waals surface area contributed by atoms with Gasteiger partial charge >= 0.3 is 0 Å². The summed E-state index contributed by atoms with van der Waals surface area (Å²) in [5, 5.41) is 13.7. The van der Waals surface area contributed by atoms with E-state index in [0.717, 1.165) is 6.42 Å². The third kappa shape index (κ3) is 4.09. The van der Waals surface area contributed by atoms with Crippen LogP contribution in [0.4, 0.5) is 11.4 Å². The first-order valence-electron chi connectivity index (χ1n) is 7.90. The molecule has 1 unspecified atom stereocenters. The van der Waals surface area contributed by atoms with Gasteiger partial charge in [0.1, 0.15) is 11.1 Å². The predicted molar refractivity (Wildman–Crippen MR) is 94.9 cm³/mol. The lowest BCUT2D eigenvalue weighted by atomic mass is 10.1. The van der Waals surface area contributed by atoms with E-state index in [-0.39, 0.29) is 28.3 Å². The lowest BCUT2D eigenvalue weighted by Crippen LogP contribution is -2.17. The standard InChI is InChI=1S/C17H16ClN3O5/c1-10-2-3-12(21(23)24)7-15(10)20-16(22)11-6-14(18)17(19-8-11)26-13-4-5-25-9-13/h2-3,6-8,13H,4-5,9H2,1H3,(H,20,22). The molecule has 9 heteroatoms. The van der Waals surface area contributed by atoms with E-state index in [9.17, 15) is 14.9 Å². The van der Waals surface area contributed by atoms with Gasteiger partial charge in [0.15, 0.2) is 0 Å². The molecular formula is C17H16ClN3O5. The fraction of sp³-hybridized carbons (Fsp3) is 0.294. The van der Waals surface area contributed by atoms with Gasteiger partial charge in [0.25, 0.3) is 11.6 Å². The predicted octanol–water partition coefficient (Wildman–Crippen LogP) is 3.37. The number of nitro groups is 1. The van der Waals surface area contributed by atoms with Gasteiger partial charge in [-0.1, -0.05) is 17.7 Å². The zero-order valence-corrected chi connectivity index (χ0v) is 14.7. The summed E-state index contributed by atoms with van der Waals surface area (Å²) in [4.78, 5) is 26.9. The molecule has 1 saturated heterocycles. The van der Waals surface area contributed by atoms with Crippen molar-refractivity contribution in [2.75, 3.05) is 18.5 Å². The Hall–Kier alpha value is -2.71. The average molecular weight is 378 g/mol. The van der Waals surface area contributed by atoms with E-state index in [1.165, 1.54) is 24.4 Å². The van der Waals surface area contributed by atoms with Crippen LogP contribution in [0.25, 0.3) is 0 Å². The number of carbonyl (C=O) groups excluding carboxylic acids is 1. The molecule has 26 heavy (non-hydrogen) atoms. The molecule has 1 fully saturated rings. The van der Waals surface area contributed by atoms with Crippen molar-refractivity contribution in [2.45, 2.75) is 19.4 Å². The number of nitro benzene ring substituents is 1. The molecule has 136 valence electrons. The maximum atomic E-state index is 12.4. The van der Waals surface area contributed by atoms with Crippen LogP contribution in [-0.4, -0.2) is 35.1 Å². The van der Waals surface area contributed by atoms with Crippen LogP contribution < -0.4 is 10.1 Å². The van der Waals surface area contributed by atoms with Crippen LogP contribution in [0.3, 0.4) is 0 Å². The van der Waals surface area contributed by atoms with Crippen LogP contribution in [0, 0.1) is 17.0 Å². The van der Waals surface area contributed by atoms with Gasteiger partial charge in [-0.25, -0.2) is 4.98 Å². The number of aryl methyl sites for hydroxylation is 1. The van der Waals surface area contributed by atoms with E-state index in [0.29, 0.717) is 24.5 Å². The van der Waals surface area contributed by atoms with Crippen molar-refractivity contribution in [3.63, 3.8) is 0 Å². The number of hydrogen-bond acceptors (Lipinski definition) is 6. The maximum Gasteiger partial charge on any atom is 0.271 e. The quantitative estimate of drug-likeness (QED) is 0.632. The molecule has 1 atom stereocenters. The largest absolute Gasteiger partial charge is 0.471 e. The third-order valence-corrected chi connectivity index (χ3v) is 4.19. The lowest BCUT2D eigenvalue weighted by molar-refractivity contribution is -0.384. The number of halogens is 1. The Balaban J connectivity index is 1.74. The Kier molecular flexibility index (Phi) is 5.34. The van der Waals surface area contributed by atoms with Crippen LogP contribution in [0.2, 0.25) is 5.02 Å². The summed E-state index contributed by atoms with van der Waals surface area (Å²) in [6.07, 6.45) is 2.00. The van der Waals surface area contributed by atoms with Crippen molar-refractivity contribution in [2.24, 2.45) is 0 Å². The zero-order valence-electron chi connectivity index (χ0n) is 13.9. The minimum absolute atomic E-state index is 0.104. The molecule has 2 heterocycles. The number of carbonyl (C=O) groups is 1. The molecule has 8 nitrogen and oxygen atoms in total. The number of rotatable bonds is 5. The van der Waals surface area contributed by atoms with E-state index in [4.69, 9.17) is 21.1 Å². The Labute approximate surface area is 154 Å². The van der Waals surface area contributed by atoms with Gasteiger partial charge in [0.2, 0.25) is 5.88 Å². The number of amides is 1. The molecule has 1 N–H and O–H groups in total. The molecule has 0 aliphatic carbocycles. The van der Waals surface area contributed by atoms with E-state index in [1.807, 2.05) is 0 Å². The van der Waals surface area contributed by atoms with E-state index in [1.54, 1.807) is 13.0 Å². The topological polar surface area (TPSA) is 104 Å². The van der Waals surface area contributed by atoms with Crippen LogP contribution in [0.5, 0.6) is 5.88 Å². The van der Waals surface area contributed by atoms with Gasteiger partial charge in [-0.3, -0.25) is 14.9 Å². The van der Waals surface area contributed by atoms with Crippen LogP contribution >= 0.6 is 11.6 Å². The van der Waals surface area contributed by atoms with Gasteiger partial charge in [-0.2, -0.15) is 0 Å². The van der Waals surface area contributed by atoms with Crippen molar-refractivity contribution in [3.8, 4) is 5.88 Å². The number of nitrogens with one attached hydrogen (secondary N) is 1. The molecule has 0 saturated carbocycles. The normalized spacial score (nSPS) is 16.3. The molecule has 1 aromatic carbocycles. The summed E-state index contributed by atoms with van der Waals surface area (Å²) in [5.41, 5.74) is 1.16. The van der Waals surface area contributed by atoms with Gasteiger partial charge in [-0.05, 0) is 18.6 Å². The van der Waals surface area contributed by atoms with E-state index < -0.39 is 10.8 Å². The highest BCUT2D eigenvalue weighted by Gasteiger charge is 2.20. The van der Waals surface area contributed by atoms with Gasteiger partial charge in [0, 0.05) is 24.8 Å². The fourth-order valence-corrected chi connectivity index (χ4v) is 2.66. The zero-order chi connectivity index (χ0) is 18.7. The molecule has 3 rings (SSSR count). The van der Waals surface area contributed by atoms with E-state index in [2.05, 4.69) is 10.3 Å². The summed E-state index contributed by atoms with van der Waals surface area (Å²) in [7, 11) is 0. The molecule has 1 amide bonds. The molecule has 2 aromatic rings. The van der Waals surface area contributed by atoms with Crippen LogP contribution in [0.15, 0.2) is 30.5 Å². The molecular weight excluding hydrogens is 362 g/mol. The smallest absolute Gasteiger partial charge is 0.271 e. The molecule has 0 spiro atoms. The molecule has 1 aliphatic heterocycles. The highest BCUT2D eigenvalue weighted by atomic mass is 35.5. The van der Waals surface area contributed by atoms with Crippen molar-refractivity contribution in [1.29, 1.82) is 0 Å². The Morgan fingerprint density at radius 1 is 1.46 bits per heavy atom. The van der Waals surface area contributed by atoms with E-state index >= 15 is 0 Å². The van der Waals surface area contributed by atoms with Crippen molar-refractivity contribution < 1.29 is 19.2 Å². The number of nitrogens with zero attached hydrogens (tertiary/aromatic N) is 2. The molecule has 0 radical (unpaired) electrons. The first-order valence-corrected chi connectivity index (χ1v) is 8.28. The first-order chi connectivity index (χ1) is 12.4. The lowest BCUT2D eigenvalue weighted by Gasteiger charge is -2.13. The summed E-state index contributed by atoms with van der Waals surface area (Å²) in [6, 6.07) is 5.70. The van der Waals surface area contributed by atoms with Crippen LogP contribution in [-0.2, 0) is 4.74 Å². The molecule has 1 aromatic heterocycles. The number of anilines is 1. The highest BCUT2D eigenvalue weighted by molar-refractivity contribution is 6.32.